The Morgan fingerprint density at radius 3 is 2.36 bits per heavy atom. The minimum absolute atomic E-state index is 0.103. The molecule has 4 heteroatoms. The summed E-state index contributed by atoms with van der Waals surface area (Å²) in [5, 5.41) is 19.9. The van der Waals surface area contributed by atoms with Gasteiger partial charge in [0.1, 0.15) is 17.2 Å². The monoisotopic (exact) mass is 342 g/mol. The molecule has 0 aliphatic heterocycles. The van der Waals surface area contributed by atoms with Crippen molar-refractivity contribution < 1.29 is 19.7 Å². The Morgan fingerprint density at radius 2 is 1.68 bits per heavy atom. The van der Waals surface area contributed by atoms with Crippen LogP contribution >= 0.6 is 0 Å². The van der Waals surface area contributed by atoms with E-state index in [0.717, 1.165) is 18.8 Å². The third kappa shape index (κ3) is 5.52. The largest absolute Gasteiger partial charge is 0.507 e. The van der Waals surface area contributed by atoms with Gasteiger partial charge in [-0.1, -0.05) is 45.2 Å². The van der Waals surface area contributed by atoms with Crippen LogP contribution in [0.4, 0.5) is 0 Å². The van der Waals surface area contributed by atoms with E-state index >= 15 is 0 Å². The molecule has 25 heavy (non-hydrogen) atoms. The maximum absolute atomic E-state index is 12.4. The number of benzene rings is 2. The fraction of sp³-hybridized carbons (Fsp3) is 0.381. The molecule has 134 valence electrons. The number of phenols is 2. The molecule has 0 aromatic heterocycles. The highest BCUT2D eigenvalue weighted by molar-refractivity contribution is 6.12. The number of ketones is 1. The molecule has 0 unspecified atom stereocenters. The predicted molar refractivity (Wildman–Crippen MR) is 98.4 cm³/mol. The van der Waals surface area contributed by atoms with Gasteiger partial charge in [0.05, 0.1) is 17.7 Å². The number of rotatable bonds is 9. The molecular formula is C21H26O4. The lowest BCUT2D eigenvalue weighted by atomic mass is 10.0. The third-order valence-corrected chi connectivity index (χ3v) is 4.06. The molecule has 0 aliphatic carbocycles. The van der Waals surface area contributed by atoms with Gasteiger partial charge in [-0.2, -0.15) is 0 Å². The van der Waals surface area contributed by atoms with E-state index in [1.165, 1.54) is 37.1 Å². The Morgan fingerprint density at radius 1 is 0.960 bits per heavy atom. The van der Waals surface area contributed by atoms with E-state index in [4.69, 9.17) is 4.74 Å². The highest BCUT2D eigenvalue weighted by atomic mass is 16.5. The molecule has 2 rings (SSSR count). The molecule has 0 saturated heterocycles. The van der Waals surface area contributed by atoms with Crippen LogP contribution in [0.25, 0.3) is 0 Å². The van der Waals surface area contributed by atoms with Crippen molar-refractivity contribution in [1.29, 1.82) is 0 Å². The van der Waals surface area contributed by atoms with Gasteiger partial charge in [-0.05, 0) is 36.6 Å². The number of para-hydroxylation sites is 1. The van der Waals surface area contributed by atoms with E-state index in [2.05, 4.69) is 13.8 Å². The van der Waals surface area contributed by atoms with Crippen LogP contribution < -0.4 is 4.74 Å². The topological polar surface area (TPSA) is 66.8 Å². The van der Waals surface area contributed by atoms with Crippen LogP contribution in [0.15, 0.2) is 42.5 Å². The smallest absolute Gasteiger partial charge is 0.200 e. The first-order valence-electron chi connectivity index (χ1n) is 8.77. The fourth-order valence-corrected chi connectivity index (χ4v) is 2.63. The van der Waals surface area contributed by atoms with Crippen LogP contribution in [0.5, 0.6) is 17.2 Å². The van der Waals surface area contributed by atoms with Crippen molar-refractivity contribution in [2.75, 3.05) is 6.61 Å². The zero-order chi connectivity index (χ0) is 18.2. The zero-order valence-corrected chi connectivity index (χ0v) is 14.9. The van der Waals surface area contributed by atoms with Crippen LogP contribution in [0, 0.1) is 5.92 Å². The lowest BCUT2D eigenvalue weighted by molar-refractivity contribution is 0.103. The van der Waals surface area contributed by atoms with Gasteiger partial charge < -0.3 is 14.9 Å². The summed E-state index contributed by atoms with van der Waals surface area (Å²) in [5.74, 6) is 0.595. The Bertz CT molecular complexity index is 707. The standard InChI is InChI=1S/C21H26O4/c1-15(2)8-4-3-7-13-25-16-11-12-18(20(23)14-16)21(24)17-9-5-6-10-19(17)22/h5-6,9-12,14-15,22-23H,3-4,7-8,13H2,1-2H3. The second kappa shape index (κ2) is 9.11. The van der Waals surface area contributed by atoms with E-state index in [1.807, 2.05) is 0 Å². The zero-order valence-electron chi connectivity index (χ0n) is 14.9. The Hall–Kier alpha value is -2.49. The van der Waals surface area contributed by atoms with Gasteiger partial charge in [0.25, 0.3) is 0 Å². The highest BCUT2D eigenvalue weighted by Crippen LogP contribution is 2.28. The summed E-state index contributed by atoms with van der Waals surface area (Å²) in [4.78, 5) is 12.4. The van der Waals surface area contributed by atoms with E-state index in [1.54, 1.807) is 18.2 Å². The molecule has 0 fully saturated rings. The summed E-state index contributed by atoms with van der Waals surface area (Å²) in [6, 6.07) is 10.9. The number of carbonyl (C=O) groups is 1. The molecule has 0 spiro atoms. The van der Waals surface area contributed by atoms with E-state index < -0.39 is 5.78 Å². The fourth-order valence-electron chi connectivity index (χ4n) is 2.63. The summed E-state index contributed by atoms with van der Waals surface area (Å²) >= 11 is 0. The normalized spacial score (nSPS) is 10.8. The number of carbonyl (C=O) groups excluding carboxylic acids is 1. The molecule has 0 atom stereocenters. The summed E-state index contributed by atoms with van der Waals surface area (Å²) in [7, 11) is 0. The number of hydrogen-bond acceptors (Lipinski definition) is 4. The van der Waals surface area contributed by atoms with Crippen molar-refractivity contribution in [2.45, 2.75) is 39.5 Å². The summed E-state index contributed by atoms with van der Waals surface area (Å²) in [6.07, 6.45) is 4.50. The summed E-state index contributed by atoms with van der Waals surface area (Å²) < 4.78 is 5.64. The third-order valence-electron chi connectivity index (χ3n) is 4.06. The first-order chi connectivity index (χ1) is 12.0. The van der Waals surface area contributed by atoms with Gasteiger partial charge in [-0.15, -0.1) is 0 Å². The number of ether oxygens (including phenoxy) is 1. The second-order valence-electron chi connectivity index (χ2n) is 6.62. The minimum Gasteiger partial charge on any atom is -0.507 e. The van der Waals surface area contributed by atoms with E-state index in [0.29, 0.717) is 12.4 Å². The van der Waals surface area contributed by atoms with Gasteiger partial charge >= 0.3 is 0 Å². The average Bonchev–Trinajstić information content (AvgIpc) is 2.58. The molecule has 2 aromatic rings. The number of aromatic hydroxyl groups is 2. The molecule has 0 amide bonds. The quantitative estimate of drug-likeness (QED) is 0.501. The van der Waals surface area contributed by atoms with Crippen molar-refractivity contribution in [3.05, 3.63) is 53.6 Å². The molecule has 0 radical (unpaired) electrons. The SMILES string of the molecule is CC(C)CCCCCOc1ccc(C(=O)c2ccccc2O)c(O)c1. The molecule has 0 bridgehead atoms. The Labute approximate surface area is 149 Å². The minimum atomic E-state index is -0.421. The summed E-state index contributed by atoms with van der Waals surface area (Å²) in [5.41, 5.74) is 0.308. The Kier molecular flexibility index (Phi) is 6.87. The lowest BCUT2D eigenvalue weighted by Crippen LogP contribution is -2.03. The van der Waals surface area contributed by atoms with Crippen molar-refractivity contribution in [3.8, 4) is 17.2 Å². The van der Waals surface area contributed by atoms with Crippen molar-refractivity contribution in [3.63, 3.8) is 0 Å². The first kappa shape index (κ1) is 18.8. The second-order valence-corrected chi connectivity index (χ2v) is 6.62. The van der Waals surface area contributed by atoms with Crippen molar-refractivity contribution in [1.82, 2.24) is 0 Å². The number of unbranched alkanes of at least 4 members (excludes halogenated alkanes) is 2. The molecule has 2 aromatic carbocycles. The number of phenolic OH excluding ortho intramolecular Hbond substituents is 2. The Balaban J connectivity index is 1.92. The van der Waals surface area contributed by atoms with Gasteiger partial charge in [0.15, 0.2) is 5.78 Å². The molecule has 2 N–H and O–H groups in total. The maximum atomic E-state index is 12.4. The summed E-state index contributed by atoms with van der Waals surface area (Å²) in [6.45, 7) is 5.03. The van der Waals surface area contributed by atoms with Crippen LogP contribution in [-0.2, 0) is 0 Å². The van der Waals surface area contributed by atoms with Crippen LogP contribution in [0.3, 0.4) is 0 Å². The number of hydrogen-bond donors (Lipinski definition) is 2. The van der Waals surface area contributed by atoms with E-state index in [-0.39, 0.29) is 22.6 Å². The van der Waals surface area contributed by atoms with Crippen molar-refractivity contribution >= 4 is 5.78 Å². The van der Waals surface area contributed by atoms with Crippen LogP contribution in [0.2, 0.25) is 0 Å². The average molecular weight is 342 g/mol. The van der Waals surface area contributed by atoms with Gasteiger partial charge in [-0.25, -0.2) is 0 Å². The van der Waals surface area contributed by atoms with Gasteiger partial charge in [-0.3, -0.25) is 4.79 Å². The molecule has 0 saturated carbocycles. The molecule has 0 aliphatic rings. The maximum Gasteiger partial charge on any atom is 0.200 e. The van der Waals surface area contributed by atoms with Gasteiger partial charge in [0, 0.05) is 6.07 Å². The lowest BCUT2D eigenvalue weighted by Gasteiger charge is -2.10. The van der Waals surface area contributed by atoms with Crippen LogP contribution in [0.1, 0.15) is 55.5 Å². The predicted octanol–water partition coefficient (Wildman–Crippen LogP) is 4.92. The first-order valence-corrected chi connectivity index (χ1v) is 8.77. The van der Waals surface area contributed by atoms with Crippen molar-refractivity contribution in [2.24, 2.45) is 5.92 Å². The van der Waals surface area contributed by atoms with Crippen LogP contribution in [-0.4, -0.2) is 22.6 Å². The molecule has 4 nitrogen and oxygen atoms in total. The van der Waals surface area contributed by atoms with Gasteiger partial charge in [0.2, 0.25) is 0 Å². The molecule has 0 heterocycles. The molecular weight excluding hydrogens is 316 g/mol. The van der Waals surface area contributed by atoms with E-state index in [9.17, 15) is 15.0 Å². The highest BCUT2D eigenvalue weighted by Gasteiger charge is 2.17.